The standard InChI is InChI=1S/C24H26N2O4S/c1-25-18-20-9-5-10-21(15-20)22-11-6-12-24(17-22)31(28,29)26-23(13-14-30-27)16-19-7-3-2-4-8-19/h2-12,15,17,23,26-27H,1,13-14,16,18H2. The zero-order valence-corrected chi connectivity index (χ0v) is 18.0. The Balaban J connectivity index is 1.83. The number of sulfonamides is 1. The molecule has 0 aliphatic heterocycles. The number of hydrogen-bond acceptors (Lipinski definition) is 5. The quantitative estimate of drug-likeness (QED) is 0.265. The van der Waals surface area contributed by atoms with E-state index in [1.54, 1.807) is 18.2 Å². The molecule has 0 aliphatic rings. The first-order chi connectivity index (χ1) is 15.0. The summed E-state index contributed by atoms with van der Waals surface area (Å²) in [6.45, 7) is 4.05. The number of hydrogen-bond donors (Lipinski definition) is 2. The summed E-state index contributed by atoms with van der Waals surface area (Å²) < 4.78 is 29.0. The van der Waals surface area contributed by atoms with Crippen molar-refractivity contribution in [2.45, 2.75) is 30.3 Å². The molecule has 0 fully saturated rings. The Kier molecular flexibility index (Phi) is 8.08. The molecule has 2 N–H and O–H groups in total. The lowest BCUT2D eigenvalue weighted by atomic mass is 10.0. The van der Waals surface area contributed by atoms with Gasteiger partial charge >= 0.3 is 0 Å². The Morgan fingerprint density at radius 3 is 2.32 bits per heavy atom. The Morgan fingerprint density at radius 1 is 0.935 bits per heavy atom. The Hall–Kier alpha value is -2.84. The van der Waals surface area contributed by atoms with Gasteiger partial charge in [-0.3, -0.25) is 10.2 Å². The van der Waals surface area contributed by atoms with Gasteiger partial charge in [0.05, 0.1) is 18.0 Å². The van der Waals surface area contributed by atoms with Crippen LogP contribution < -0.4 is 4.72 Å². The Labute approximate surface area is 183 Å². The molecule has 31 heavy (non-hydrogen) atoms. The van der Waals surface area contributed by atoms with Gasteiger partial charge in [0, 0.05) is 6.04 Å². The van der Waals surface area contributed by atoms with E-state index in [1.807, 2.05) is 60.7 Å². The average molecular weight is 439 g/mol. The van der Waals surface area contributed by atoms with Crippen LogP contribution in [0.2, 0.25) is 0 Å². The average Bonchev–Trinajstić information content (AvgIpc) is 2.78. The van der Waals surface area contributed by atoms with Gasteiger partial charge in [0.25, 0.3) is 0 Å². The van der Waals surface area contributed by atoms with Crippen molar-refractivity contribution >= 4 is 16.7 Å². The summed E-state index contributed by atoms with van der Waals surface area (Å²) >= 11 is 0. The molecule has 0 saturated carbocycles. The highest BCUT2D eigenvalue weighted by molar-refractivity contribution is 7.89. The van der Waals surface area contributed by atoms with Crippen LogP contribution in [0.1, 0.15) is 17.5 Å². The summed E-state index contributed by atoms with van der Waals surface area (Å²) in [6.07, 6.45) is 0.820. The van der Waals surface area contributed by atoms with Gasteiger partial charge in [0.15, 0.2) is 0 Å². The zero-order chi connectivity index (χ0) is 22.1. The molecule has 162 valence electrons. The van der Waals surface area contributed by atoms with Gasteiger partial charge in [0.2, 0.25) is 10.0 Å². The minimum absolute atomic E-state index is 0.0319. The van der Waals surface area contributed by atoms with Crippen molar-refractivity contribution in [3.63, 3.8) is 0 Å². The molecule has 0 radical (unpaired) electrons. The van der Waals surface area contributed by atoms with Gasteiger partial charge in [-0.05, 0) is 60.0 Å². The minimum atomic E-state index is -3.78. The van der Waals surface area contributed by atoms with E-state index in [4.69, 9.17) is 5.26 Å². The Morgan fingerprint density at radius 2 is 1.61 bits per heavy atom. The van der Waals surface area contributed by atoms with Crippen LogP contribution in [0.4, 0.5) is 0 Å². The zero-order valence-electron chi connectivity index (χ0n) is 17.1. The molecular formula is C24H26N2O4S. The molecular weight excluding hydrogens is 412 g/mol. The first-order valence-corrected chi connectivity index (χ1v) is 11.4. The van der Waals surface area contributed by atoms with Crippen LogP contribution in [0.25, 0.3) is 11.1 Å². The molecule has 0 aromatic heterocycles. The van der Waals surface area contributed by atoms with Gasteiger partial charge in [-0.2, -0.15) is 0 Å². The van der Waals surface area contributed by atoms with Gasteiger partial charge < -0.3 is 0 Å². The van der Waals surface area contributed by atoms with Crippen LogP contribution in [0.3, 0.4) is 0 Å². The molecule has 3 rings (SSSR count). The van der Waals surface area contributed by atoms with Gasteiger partial charge in [0.1, 0.15) is 0 Å². The van der Waals surface area contributed by atoms with Crippen molar-refractivity contribution in [3.05, 3.63) is 90.0 Å². The third kappa shape index (κ3) is 6.57. The van der Waals surface area contributed by atoms with Crippen LogP contribution >= 0.6 is 0 Å². The summed E-state index contributed by atoms with van der Waals surface area (Å²) in [7, 11) is -3.78. The highest BCUT2D eigenvalue weighted by atomic mass is 32.2. The number of nitrogens with zero attached hydrogens (tertiary/aromatic N) is 1. The largest absolute Gasteiger partial charge is 0.296 e. The van der Waals surface area contributed by atoms with E-state index in [0.29, 0.717) is 19.4 Å². The topological polar surface area (TPSA) is 88.0 Å². The van der Waals surface area contributed by atoms with E-state index in [-0.39, 0.29) is 11.5 Å². The molecule has 0 amide bonds. The summed E-state index contributed by atoms with van der Waals surface area (Å²) in [5.74, 6) is 0. The van der Waals surface area contributed by atoms with E-state index in [1.165, 1.54) is 0 Å². The second-order valence-electron chi connectivity index (χ2n) is 7.24. The molecule has 0 bridgehead atoms. The molecule has 3 aromatic rings. The molecule has 0 saturated heterocycles. The molecule has 6 nitrogen and oxygen atoms in total. The predicted octanol–water partition coefficient (Wildman–Crippen LogP) is 4.32. The molecule has 1 unspecified atom stereocenters. The number of aliphatic imine (C=N–C) groups is 1. The maximum Gasteiger partial charge on any atom is 0.240 e. The first kappa shape index (κ1) is 22.8. The number of nitrogens with one attached hydrogen (secondary N) is 1. The number of benzene rings is 3. The first-order valence-electron chi connectivity index (χ1n) is 9.96. The lowest BCUT2D eigenvalue weighted by Gasteiger charge is -2.19. The van der Waals surface area contributed by atoms with E-state index in [0.717, 1.165) is 22.3 Å². The minimum Gasteiger partial charge on any atom is -0.296 e. The summed E-state index contributed by atoms with van der Waals surface area (Å²) in [5, 5.41) is 8.73. The van der Waals surface area contributed by atoms with E-state index in [9.17, 15) is 8.42 Å². The second kappa shape index (κ2) is 11.0. The van der Waals surface area contributed by atoms with Crippen LogP contribution in [0.5, 0.6) is 0 Å². The predicted molar refractivity (Wildman–Crippen MR) is 123 cm³/mol. The lowest BCUT2D eigenvalue weighted by Crippen LogP contribution is -2.37. The molecule has 7 heteroatoms. The Bertz CT molecular complexity index is 1100. The number of rotatable bonds is 11. The highest BCUT2D eigenvalue weighted by Crippen LogP contribution is 2.24. The fourth-order valence-corrected chi connectivity index (χ4v) is 4.72. The maximum atomic E-state index is 13.1. The van der Waals surface area contributed by atoms with Crippen molar-refractivity contribution in [2.24, 2.45) is 4.99 Å². The third-order valence-electron chi connectivity index (χ3n) is 4.90. The lowest BCUT2D eigenvalue weighted by molar-refractivity contribution is -0.243. The molecule has 1 atom stereocenters. The smallest absolute Gasteiger partial charge is 0.240 e. The summed E-state index contributed by atoms with van der Waals surface area (Å²) in [6, 6.07) is 23.8. The second-order valence-corrected chi connectivity index (χ2v) is 8.95. The van der Waals surface area contributed by atoms with Crippen molar-refractivity contribution < 1.29 is 18.6 Å². The SMILES string of the molecule is C=NCc1cccc(-c2cccc(S(=O)(=O)NC(CCOO)Cc3ccccc3)c2)c1. The molecule has 0 spiro atoms. The van der Waals surface area contributed by atoms with Gasteiger partial charge in [-0.25, -0.2) is 18.0 Å². The van der Waals surface area contributed by atoms with Crippen LogP contribution in [0, 0.1) is 0 Å². The van der Waals surface area contributed by atoms with Crippen molar-refractivity contribution in [3.8, 4) is 11.1 Å². The van der Waals surface area contributed by atoms with Crippen molar-refractivity contribution in [2.75, 3.05) is 6.61 Å². The van der Waals surface area contributed by atoms with Gasteiger partial charge in [-0.1, -0.05) is 60.7 Å². The van der Waals surface area contributed by atoms with Crippen molar-refractivity contribution in [1.29, 1.82) is 0 Å². The van der Waals surface area contributed by atoms with E-state index in [2.05, 4.69) is 21.3 Å². The van der Waals surface area contributed by atoms with Gasteiger partial charge in [-0.15, -0.1) is 0 Å². The summed E-state index contributed by atoms with van der Waals surface area (Å²) in [5.41, 5.74) is 3.71. The van der Waals surface area contributed by atoms with E-state index >= 15 is 0 Å². The summed E-state index contributed by atoms with van der Waals surface area (Å²) in [4.78, 5) is 8.28. The maximum absolute atomic E-state index is 13.1. The monoisotopic (exact) mass is 438 g/mol. The van der Waals surface area contributed by atoms with Crippen LogP contribution in [-0.2, 0) is 27.9 Å². The fourth-order valence-electron chi connectivity index (χ4n) is 3.40. The molecule has 0 aliphatic carbocycles. The third-order valence-corrected chi connectivity index (χ3v) is 6.42. The molecule has 0 heterocycles. The molecule has 3 aromatic carbocycles. The normalized spacial score (nSPS) is 12.4. The van der Waals surface area contributed by atoms with Crippen LogP contribution in [-0.4, -0.2) is 33.0 Å². The van der Waals surface area contributed by atoms with Crippen LogP contribution in [0.15, 0.2) is 88.8 Å². The van der Waals surface area contributed by atoms with Crippen molar-refractivity contribution in [1.82, 2.24) is 4.72 Å². The van der Waals surface area contributed by atoms with E-state index < -0.39 is 16.1 Å². The fraction of sp³-hybridized carbons (Fsp3) is 0.208. The highest BCUT2D eigenvalue weighted by Gasteiger charge is 2.21.